The van der Waals surface area contributed by atoms with Crippen LogP contribution in [-0.4, -0.2) is 52.4 Å². The maximum atomic E-state index is 12.1. The zero-order chi connectivity index (χ0) is 14.0. The second kappa shape index (κ2) is 5.30. The third kappa shape index (κ3) is 2.79. The molecular weight excluding hydrogens is 262 g/mol. The van der Waals surface area contributed by atoms with Gasteiger partial charge in [0.1, 0.15) is 0 Å². The van der Waals surface area contributed by atoms with Crippen LogP contribution in [0.1, 0.15) is 24.4 Å². The molecule has 0 aliphatic carbocycles. The van der Waals surface area contributed by atoms with Gasteiger partial charge in [0.2, 0.25) is 0 Å². The van der Waals surface area contributed by atoms with Crippen molar-refractivity contribution < 1.29 is 9.21 Å². The maximum Gasteiger partial charge on any atom is 0.289 e. The smallest absolute Gasteiger partial charge is 0.289 e. The molecule has 1 fully saturated rings. The third-order valence-corrected chi connectivity index (χ3v) is 4.19. The fourth-order valence-electron chi connectivity index (χ4n) is 2.18. The quantitative estimate of drug-likeness (QED) is 0.841. The molecule has 0 unspecified atom stereocenters. The molecule has 2 rings (SSSR count). The summed E-state index contributed by atoms with van der Waals surface area (Å²) >= 11 is 5.10. The molecule has 2 heterocycles. The molecule has 2 N–H and O–H groups in total. The Morgan fingerprint density at radius 2 is 2.00 bits per heavy atom. The van der Waals surface area contributed by atoms with Gasteiger partial charge in [-0.1, -0.05) is 12.2 Å². The van der Waals surface area contributed by atoms with Gasteiger partial charge in [-0.25, -0.2) is 0 Å². The van der Waals surface area contributed by atoms with Gasteiger partial charge >= 0.3 is 0 Å². The van der Waals surface area contributed by atoms with Crippen LogP contribution in [0.2, 0.25) is 0 Å². The first-order valence-corrected chi connectivity index (χ1v) is 6.71. The highest BCUT2D eigenvalue weighted by Gasteiger charge is 2.33. The molecule has 6 heteroatoms. The molecule has 0 radical (unpaired) electrons. The van der Waals surface area contributed by atoms with Crippen LogP contribution < -0.4 is 5.73 Å². The van der Waals surface area contributed by atoms with Gasteiger partial charge < -0.3 is 15.1 Å². The number of nitrogens with two attached hydrogens (primary N) is 1. The number of piperazine rings is 1. The normalized spacial score (nSPS) is 17.5. The molecule has 1 aromatic heterocycles. The lowest BCUT2D eigenvalue weighted by atomic mass is 10.0. The summed E-state index contributed by atoms with van der Waals surface area (Å²) in [5, 5.41) is 0. The molecular formula is C13H19N3O2S. The van der Waals surface area contributed by atoms with Crippen LogP contribution in [0.15, 0.2) is 22.8 Å². The second-order valence-electron chi connectivity index (χ2n) is 5.18. The molecule has 1 aliphatic rings. The molecule has 5 nitrogen and oxygen atoms in total. The van der Waals surface area contributed by atoms with Crippen LogP contribution in [0.5, 0.6) is 0 Å². The minimum Gasteiger partial charge on any atom is -0.459 e. The van der Waals surface area contributed by atoms with E-state index < -0.39 is 0 Å². The van der Waals surface area contributed by atoms with Crippen LogP contribution in [0.4, 0.5) is 0 Å². The van der Waals surface area contributed by atoms with E-state index in [9.17, 15) is 4.79 Å². The van der Waals surface area contributed by atoms with E-state index in [1.807, 2.05) is 13.8 Å². The van der Waals surface area contributed by atoms with Crippen molar-refractivity contribution in [1.82, 2.24) is 9.80 Å². The van der Waals surface area contributed by atoms with Crippen molar-refractivity contribution in [2.45, 2.75) is 19.4 Å². The van der Waals surface area contributed by atoms with E-state index in [-0.39, 0.29) is 11.4 Å². The van der Waals surface area contributed by atoms with Crippen molar-refractivity contribution in [3.63, 3.8) is 0 Å². The summed E-state index contributed by atoms with van der Waals surface area (Å²) in [5.41, 5.74) is 5.46. The Labute approximate surface area is 118 Å². The van der Waals surface area contributed by atoms with Gasteiger partial charge in [0.15, 0.2) is 5.76 Å². The van der Waals surface area contributed by atoms with Crippen molar-refractivity contribution in [2.24, 2.45) is 5.73 Å². The van der Waals surface area contributed by atoms with Crippen LogP contribution in [0, 0.1) is 0 Å². The predicted octanol–water partition coefficient (Wildman–Crippen LogP) is 1.10. The van der Waals surface area contributed by atoms with Crippen LogP contribution in [-0.2, 0) is 0 Å². The van der Waals surface area contributed by atoms with Gasteiger partial charge in [-0.3, -0.25) is 9.69 Å². The molecule has 0 saturated carbocycles. The number of carbonyl (C=O) groups excluding carboxylic acids is 1. The predicted molar refractivity (Wildman–Crippen MR) is 77.0 cm³/mol. The zero-order valence-electron chi connectivity index (χ0n) is 11.3. The number of carbonyl (C=O) groups is 1. The molecule has 1 aromatic rings. The monoisotopic (exact) mass is 281 g/mol. The van der Waals surface area contributed by atoms with E-state index in [0.717, 1.165) is 13.1 Å². The average molecular weight is 281 g/mol. The fourth-order valence-corrected chi connectivity index (χ4v) is 2.31. The van der Waals surface area contributed by atoms with E-state index in [2.05, 4.69) is 4.90 Å². The van der Waals surface area contributed by atoms with Gasteiger partial charge in [0.25, 0.3) is 5.91 Å². The van der Waals surface area contributed by atoms with E-state index in [4.69, 9.17) is 22.4 Å². The second-order valence-corrected chi connectivity index (χ2v) is 5.62. The molecule has 1 saturated heterocycles. The Kier molecular flexibility index (Phi) is 3.91. The lowest BCUT2D eigenvalue weighted by molar-refractivity contribution is 0.0512. The summed E-state index contributed by atoms with van der Waals surface area (Å²) in [5.74, 6) is 0.333. The molecule has 0 atom stereocenters. The standard InChI is InChI=1S/C13H19N3O2S/c1-13(2,12(14)19)16-7-5-15(6-8-16)11(17)10-4-3-9-18-10/h3-4,9H,5-8H2,1-2H3,(H2,14,19). The average Bonchev–Trinajstić information content (AvgIpc) is 2.91. The number of nitrogens with zero attached hydrogens (tertiary/aromatic N) is 2. The van der Waals surface area contributed by atoms with Gasteiger partial charge in [-0.05, 0) is 26.0 Å². The Bertz CT molecular complexity index is 462. The fraction of sp³-hybridized carbons (Fsp3) is 0.538. The van der Waals surface area contributed by atoms with E-state index in [1.165, 1.54) is 6.26 Å². The van der Waals surface area contributed by atoms with Crippen molar-refractivity contribution in [1.29, 1.82) is 0 Å². The Morgan fingerprint density at radius 1 is 1.37 bits per heavy atom. The Morgan fingerprint density at radius 3 is 2.47 bits per heavy atom. The topological polar surface area (TPSA) is 62.7 Å². The number of furan rings is 1. The summed E-state index contributed by atoms with van der Waals surface area (Å²) < 4.78 is 5.14. The molecule has 104 valence electrons. The molecule has 0 bridgehead atoms. The summed E-state index contributed by atoms with van der Waals surface area (Å²) in [6.45, 7) is 6.86. The lowest BCUT2D eigenvalue weighted by Gasteiger charge is -2.43. The van der Waals surface area contributed by atoms with Crippen LogP contribution >= 0.6 is 12.2 Å². The maximum absolute atomic E-state index is 12.1. The van der Waals surface area contributed by atoms with E-state index >= 15 is 0 Å². The first-order chi connectivity index (χ1) is 8.93. The Hall–Kier alpha value is -1.40. The van der Waals surface area contributed by atoms with Crippen LogP contribution in [0.3, 0.4) is 0 Å². The van der Waals surface area contributed by atoms with Crippen molar-refractivity contribution in [2.75, 3.05) is 26.2 Å². The van der Waals surface area contributed by atoms with Gasteiger partial charge in [0.05, 0.1) is 16.8 Å². The number of hydrogen-bond acceptors (Lipinski definition) is 4. The van der Waals surface area contributed by atoms with Gasteiger partial charge in [-0.15, -0.1) is 0 Å². The van der Waals surface area contributed by atoms with Crippen LogP contribution in [0.25, 0.3) is 0 Å². The molecule has 19 heavy (non-hydrogen) atoms. The lowest BCUT2D eigenvalue weighted by Crippen LogP contribution is -2.59. The number of amides is 1. The largest absolute Gasteiger partial charge is 0.459 e. The van der Waals surface area contributed by atoms with Crippen molar-refractivity contribution >= 4 is 23.1 Å². The number of rotatable bonds is 3. The van der Waals surface area contributed by atoms with Crippen molar-refractivity contribution in [3.05, 3.63) is 24.2 Å². The van der Waals surface area contributed by atoms with E-state index in [1.54, 1.807) is 17.0 Å². The third-order valence-electron chi connectivity index (χ3n) is 3.69. The minimum atomic E-state index is -0.310. The molecule has 0 spiro atoms. The first-order valence-electron chi connectivity index (χ1n) is 6.30. The number of thiocarbonyl (C=S) groups is 1. The first kappa shape index (κ1) is 14.0. The molecule has 1 amide bonds. The highest BCUT2D eigenvalue weighted by atomic mass is 32.1. The van der Waals surface area contributed by atoms with E-state index in [0.29, 0.717) is 23.8 Å². The summed E-state index contributed by atoms with van der Waals surface area (Å²) in [7, 11) is 0. The summed E-state index contributed by atoms with van der Waals surface area (Å²) in [6.07, 6.45) is 1.51. The molecule has 0 aromatic carbocycles. The highest BCUT2D eigenvalue weighted by molar-refractivity contribution is 7.80. The summed E-state index contributed by atoms with van der Waals surface area (Å²) in [6, 6.07) is 3.41. The van der Waals surface area contributed by atoms with Crippen molar-refractivity contribution in [3.8, 4) is 0 Å². The molecule has 1 aliphatic heterocycles. The SMILES string of the molecule is CC(C)(C(N)=S)N1CCN(C(=O)c2ccco2)CC1. The highest BCUT2D eigenvalue weighted by Crippen LogP contribution is 2.18. The zero-order valence-corrected chi connectivity index (χ0v) is 12.1. The number of hydrogen-bond donors (Lipinski definition) is 1. The Balaban J connectivity index is 1.96. The van der Waals surface area contributed by atoms with Gasteiger partial charge in [0, 0.05) is 26.2 Å². The minimum absolute atomic E-state index is 0.0576. The van der Waals surface area contributed by atoms with Gasteiger partial charge in [-0.2, -0.15) is 0 Å². The summed E-state index contributed by atoms with van der Waals surface area (Å²) in [4.78, 5) is 16.6.